The van der Waals surface area contributed by atoms with Gasteiger partial charge in [0, 0.05) is 40.9 Å². The summed E-state index contributed by atoms with van der Waals surface area (Å²) < 4.78 is 1.53. The number of aryl methyl sites for hydroxylation is 1. The van der Waals surface area contributed by atoms with E-state index in [2.05, 4.69) is 10.6 Å². The number of nitrogens with zero attached hydrogens (tertiary/aromatic N) is 2. The van der Waals surface area contributed by atoms with Gasteiger partial charge in [-0.25, -0.2) is 4.79 Å². The molecule has 3 heterocycles. The van der Waals surface area contributed by atoms with Gasteiger partial charge in [0.1, 0.15) is 5.70 Å². The van der Waals surface area contributed by atoms with Crippen molar-refractivity contribution in [2.75, 3.05) is 19.3 Å². The van der Waals surface area contributed by atoms with Crippen molar-refractivity contribution < 1.29 is 29.7 Å². The number of nitrogens with one attached hydrogen (secondary N) is 2. The average Bonchev–Trinajstić information content (AvgIpc) is 2.99. The molecule has 1 fully saturated rings. The highest BCUT2D eigenvalue weighted by atomic mass is 32.2. The molecule has 1 aromatic heterocycles. The van der Waals surface area contributed by atoms with Crippen LogP contribution in [0.4, 0.5) is 0 Å². The Morgan fingerprint density at radius 3 is 2.61 bits per heavy atom. The van der Waals surface area contributed by atoms with Crippen LogP contribution in [-0.4, -0.2) is 74.0 Å². The number of aromatic hydroxyl groups is 1. The van der Waals surface area contributed by atoms with Crippen LogP contribution in [0.1, 0.15) is 19.5 Å². The maximum absolute atomic E-state index is 12.8. The lowest BCUT2D eigenvalue weighted by Crippen LogP contribution is -2.66. The number of likely N-dealkylation sites (N-methyl/N-ethyl adjacent to an activating group) is 1. The van der Waals surface area contributed by atoms with Gasteiger partial charge in [-0.2, -0.15) is 0 Å². The van der Waals surface area contributed by atoms with Crippen LogP contribution >= 0.6 is 11.8 Å². The van der Waals surface area contributed by atoms with E-state index in [1.54, 1.807) is 14.0 Å². The van der Waals surface area contributed by atoms with Crippen molar-refractivity contribution in [3.63, 3.8) is 0 Å². The van der Waals surface area contributed by atoms with Crippen molar-refractivity contribution in [1.82, 2.24) is 20.1 Å². The van der Waals surface area contributed by atoms with Crippen LogP contribution in [-0.2, 0) is 27.5 Å². The molecular weight excluding hydrogens is 452 g/mol. The zero-order chi connectivity index (χ0) is 24.4. The number of amides is 2. The second kappa shape index (κ2) is 9.98. The first kappa shape index (κ1) is 24.8. The quantitative estimate of drug-likeness (QED) is 0.272. The summed E-state index contributed by atoms with van der Waals surface area (Å²) in [5, 5.41) is 34.5. The monoisotopic (exact) mass is 480 g/mol. The Morgan fingerprint density at radius 1 is 1.30 bits per heavy atom. The molecule has 2 amide bonds. The van der Waals surface area contributed by atoms with Gasteiger partial charge >= 0.3 is 5.97 Å². The van der Waals surface area contributed by atoms with E-state index in [1.807, 2.05) is 6.92 Å². The number of aliphatic carboxylic acids is 1. The summed E-state index contributed by atoms with van der Waals surface area (Å²) in [4.78, 5) is 50.2. The Morgan fingerprint density at radius 2 is 2.00 bits per heavy atom. The second-order valence-electron chi connectivity index (χ2n) is 8.13. The Bertz CT molecular complexity index is 1050. The summed E-state index contributed by atoms with van der Waals surface area (Å²) in [6, 6.07) is 0.345. The third-order valence-corrected chi connectivity index (χ3v) is 7.27. The fourth-order valence-electron chi connectivity index (χ4n) is 4.49. The summed E-state index contributed by atoms with van der Waals surface area (Å²) >= 11 is 1.28. The molecule has 0 aromatic carbocycles. The van der Waals surface area contributed by atoms with Crippen LogP contribution in [0.5, 0.6) is 5.75 Å². The average molecular weight is 481 g/mol. The number of carboxylic acid groups (broad SMARTS) is 1. The summed E-state index contributed by atoms with van der Waals surface area (Å²) in [5.41, 5.74) is -0.304. The molecule has 5 N–H and O–H groups in total. The minimum absolute atomic E-state index is 0.0439. The number of β-lactam (4-membered cyclic amide) rings is 1. The van der Waals surface area contributed by atoms with Gasteiger partial charge in [0.2, 0.25) is 17.2 Å². The fourth-order valence-corrected chi connectivity index (χ4v) is 5.72. The topological polar surface area (TPSA) is 161 Å². The first-order valence-corrected chi connectivity index (χ1v) is 11.5. The van der Waals surface area contributed by atoms with Crippen molar-refractivity contribution in [1.29, 1.82) is 0 Å². The molecule has 0 unspecified atom stereocenters. The van der Waals surface area contributed by atoms with E-state index in [9.17, 15) is 34.5 Å². The fraction of sp³-hybridized carbons (Fsp3) is 0.524. The number of fused-ring (bicyclic) bond motifs is 1. The van der Waals surface area contributed by atoms with Crippen LogP contribution in [0.3, 0.4) is 0 Å². The summed E-state index contributed by atoms with van der Waals surface area (Å²) in [5.74, 6) is -2.58. The Kier molecular flexibility index (Phi) is 7.50. The van der Waals surface area contributed by atoms with Gasteiger partial charge in [-0.05, 0) is 14.0 Å². The molecule has 0 radical (unpaired) electrons. The molecule has 0 aliphatic carbocycles. The number of carbonyl (C=O) groups excluding carboxylic acids is 2. The van der Waals surface area contributed by atoms with Gasteiger partial charge in [-0.1, -0.05) is 6.92 Å². The maximum Gasteiger partial charge on any atom is 0.353 e. The number of rotatable bonds is 10. The number of hydrogen-bond acceptors (Lipinski definition) is 8. The van der Waals surface area contributed by atoms with Gasteiger partial charge in [0.05, 0.1) is 31.3 Å². The van der Waals surface area contributed by atoms with Crippen LogP contribution in [0.15, 0.2) is 27.7 Å². The molecule has 12 heteroatoms. The minimum Gasteiger partial charge on any atom is -0.503 e. The number of thioether (sulfide) groups is 1. The standard InChI is InChI=1S/C21H28N4O7S/c1-10-17-16(11(2)23-15(29)7-22-3)20(30)25(17)18(21(31)32)19(10)33-5-4-24-8-14(28)13(27)6-12(24)9-26/h6,8,10-11,16-17,22,26,28H,4-5,7,9H2,1-3H3,(H,23,29)(H,31,32)/t10-,11-,16-,17+/m1/s1. The van der Waals surface area contributed by atoms with E-state index in [1.165, 1.54) is 27.4 Å². The summed E-state index contributed by atoms with van der Waals surface area (Å²) in [6.07, 6.45) is 1.24. The molecule has 180 valence electrons. The molecule has 33 heavy (non-hydrogen) atoms. The van der Waals surface area contributed by atoms with Gasteiger partial charge in [0.15, 0.2) is 5.75 Å². The highest BCUT2D eigenvalue weighted by Gasteiger charge is 2.60. The van der Waals surface area contributed by atoms with Gasteiger partial charge < -0.3 is 35.4 Å². The molecule has 0 saturated carbocycles. The van der Waals surface area contributed by atoms with Crippen molar-refractivity contribution in [3.8, 4) is 5.75 Å². The van der Waals surface area contributed by atoms with E-state index < -0.39 is 29.1 Å². The zero-order valence-corrected chi connectivity index (χ0v) is 19.4. The van der Waals surface area contributed by atoms with Gasteiger partial charge in [0.25, 0.3) is 0 Å². The Balaban J connectivity index is 1.75. The molecule has 1 aromatic rings. The van der Waals surface area contributed by atoms with Crippen molar-refractivity contribution >= 4 is 29.5 Å². The molecule has 2 aliphatic rings. The summed E-state index contributed by atoms with van der Waals surface area (Å²) in [7, 11) is 1.64. The largest absolute Gasteiger partial charge is 0.503 e. The SMILES string of the molecule is CNCC(=O)N[C@H](C)[C@H]1C(=O)N2C(C(=O)O)=C(SCCn3cc(O)c(=O)cc3CO)[C@H](C)[C@@H]12. The van der Waals surface area contributed by atoms with Gasteiger partial charge in [-0.3, -0.25) is 14.4 Å². The first-order valence-electron chi connectivity index (χ1n) is 10.5. The third-order valence-electron chi connectivity index (χ3n) is 6.00. The van der Waals surface area contributed by atoms with Crippen LogP contribution < -0.4 is 16.1 Å². The van der Waals surface area contributed by atoms with Crippen LogP contribution in [0.25, 0.3) is 0 Å². The number of hydrogen-bond donors (Lipinski definition) is 5. The Hall–Kier alpha value is -2.83. The smallest absolute Gasteiger partial charge is 0.353 e. The predicted octanol–water partition coefficient (Wildman–Crippen LogP) is -0.724. The lowest BCUT2D eigenvalue weighted by molar-refractivity contribution is -0.158. The number of aliphatic hydroxyl groups is 1. The molecule has 2 aliphatic heterocycles. The Labute approximate surface area is 194 Å². The molecule has 3 rings (SSSR count). The molecular formula is C21H28N4O7S. The van der Waals surface area contributed by atoms with Crippen LogP contribution in [0, 0.1) is 11.8 Å². The van der Waals surface area contributed by atoms with E-state index in [0.29, 0.717) is 22.9 Å². The lowest BCUT2D eigenvalue weighted by Gasteiger charge is -2.47. The van der Waals surface area contributed by atoms with E-state index in [4.69, 9.17) is 0 Å². The highest BCUT2D eigenvalue weighted by molar-refractivity contribution is 8.03. The normalized spacial score (nSPS) is 22.7. The summed E-state index contributed by atoms with van der Waals surface area (Å²) in [6.45, 7) is 3.64. The van der Waals surface area contributed by atoms with Crippen molar-refractivity contribution in [2.45, 2.75) is 39.1 Å². The molecule has 11 nitrogen and oxygen atoms in total. The van der Waals surface area contributed by atoms with Crippen LogP contribution in [0.2, 0.25) is 0 Å². The van der Waals surface area contributed by atoms with E-state index in [0.717, 1.165) is 6.07 Å². The predicted molar refractivity (Wildman–Crippen MR) is 120 cm³/mol. The van der Waals surface area contributed by atoms with Crippen molar-refractivity contribution in [3.05, 3.63) is 38.8 Å². The number of aromatic nitrogens is 1. The second-order valence-corrected chi connectivity index (χ2v) is 9.27. The van der Waals surface area contributed by atoms with Crippen molar-refractivity contribution in [2.24, 2.45) is 11.8 Å². The first-order chi connectivity index (χ1) is 15.6. The number of carbonyl (C=O) groups is 3. The van der Waals surface area contributed by atoms with E-state index in [-0.39, 0.29) is 42.6 Å². The number of aliphatic hydroxyl groups excluding tert-OH is 1. The highest BCUT2D eigenvalue weighted by Crippen LogP contribution is 2.50. The number of carboxylic acids is 1. The number of pyridine rings is 1. The van der Waals surface area contributed by atoms with Gasteiger partial charge in [-0.15, -0.1) is 11.8 Å². The third kappa shape index (κ3) is 4.63. The molecule has 0 spiro atoms. The zero-order valence-electron chi connectivity index (χ0n) is 18.6. The maximum atomic E-state index is 12.8. The van der Waals surface area contributed by atoms with E-state index >= 15 is 0 Å². The minimum atomic E-state index is -1.19. The molecule has 0 bridgehead atoms. The molecule has 4 atom stereocenters. The lowest BCUT2D eigenvalue weighted by atomic mass is 9.78. The molecule has 1 saturated heterocycles.